The molecule has 0 spiro atoms. The Bertz CT molecular complexity index is 595. The third-order valence-electron chi connectivity index (χ3n) is 2.15. The third kappa shape index (κ3) is 1.82. The highest BCUT2D eigenvalue weighted by atomic mass is 19.1. The zero-order chi connectivity index (χ0) is 12.6. The van der Waals surface area contributed by atoms with Crippen molar-refractivity contribution in [1.82, 2.24) is 10.2 Å². The molecule has 1 aromatic heterocycles. The molecule has 0 saturated carbocycles. The molecule has 0 unspecified atom stereocenters. The van der Waals surface area contributed by atoms with E-state index in [-0.39, 0.29) is 17.0 Å². The van der Waals surface area contributed by atoms with Crippen LogP contribution in [0.5, 0.6) is 5.75 Å². The fourth-order valence-corrected chi connectivity index (χ4v) is 1.31. The highest BCUT2D eigenvalue weighted by Gasteiger charge is 2.17. The van der Waals surface area contributed by atoms with Crippen LogP contribution in [0.2, 0.25) is 0 Å². The lowest BCUT2D eigenvalue weighted by Crippen LogP contribution is -1.95. The van der Waals surface area contributed by atoms with Crippen molar-refractivity contribution in [2.24, 2.45) is 0 Å². The van der Waals surface area contributed by atoms with Crippen LogP contribution in [0, 0.1) is 11.6 Å². The van der Waals surface area contributed by atoms with Gasteiger partial charge in [0.05, 0.1) is 5.69 Å². The first-order valence-corrected chi connectivity index (χ1v) is 4.46. The Morgan fingerprint density at radius 2 is 2.06 bits per heavy atom. The molecule has 3 N–H and O–H groups in total. The Labute approximate surface area is 93.3 Å². The average molecular weight is 240 g/mol. The molecule has 0 aliphatic carbocycles. The van der Waals surface area contributed by atoms with Crippen LogP contribution in [0.1, 0.15) is 10.5 Å². The standard InChI is InChI=1S/C10H6F2N2O3/c11-5-2-1-4(8(12)9(5)15)6-3-7(10(16)17)14-13-6/h1-3,15H,(H,13,14)(H,16,17). The monoisotopic (exact) mass is 240 g/mol. The summed E-state index contributed by atoms with van der Waals surface area (Å²) in [4.78, 5) is 10.6. The number of benzene rings is 1. The Hall–Kier alpha value is -2.44. The minimum Gasteiger partial charge on any atom is -0.503 e. The number of aromatic carboxylic acids is 1. The van der Waals surface area contributed by atoms with Crippen molar-refractivity contribution in [2.45, 2.75) is 0 Å². The molecule has 0 aliphatic heterocycles. The number of aromatic amines is 1. The van der Waals surface area contributed by atoms with Crippen LogP contribution in [0.4, 0.5) is 8.78 Å². The Kier molecular flexibility index (Phi) is 2.51. The first kappa shape index (κ1) is 11.1. The number of aromatic nitrogens is 2. The van der Waals surface area contributed by atoms with Crippen molar-refractivity contribution in [1.29, 1.82) is 0 Å². The number of carbonyl (C=O) groups is 1. The lowest BCUT2D eigenvalue weighted by Gasteiger charge is -2.01. The fourth-order valence-electron chi connectivity index (χ4n) is 1.31. The number of hydrogen-bond acceptors (Lipinski definition) is 3. The summed E-state index contributed by atoms with van der Waals surface area (Å²) in [6.45, 7) is 0. The molecule has 2 aromatic rings. The molecule has 0 amide bonds. The largest absolute Gasteiger partial charge is 0.503 e. The van der Waals surface area contributed by atoms with E-state index in [2.05, 4.69) is 10.2 Å². The van der Waals surface area contributed by atoms with Gasteiger partial charge in [-0.05, 0) is 18.2 Å². The predicted molar refractivity (Wildman–Crippen MR) is 52.6 cm³/mol. The minimum absolute atomic E-state index is 0.0322. The molecule has 1 aromatic carbocycles. The van der Waals surface area contributed by atoms with Crippen molar-refractivity contribution >= 4 is 5.97 Å². The molecule has 2 rings (SSSR count). The highest BCUT2D eigenvalue weighted by molar-refractivity contribution is 5.86. The number of aromatic hydroxyl groups is 1. The zero-order valence-corrected chi connectivity index (χ0v) is 8.24. The molecular formula is C10H6F2N2O3. The Balaban J connectivity index is 2.53. The highest BCUT2D eigenvalue weighted by Crippen LogP contribution is 2.29. The molecule has 0 radical (unpaired) electrons. The van der Waals surface area contributed by atoms with Gasteiger partial charge in [-0.1, -0.05) is 0 Å². The molecular weight excluding hydrogens is 234 g/mol. The number of halogens is 2. The quantitative estimate of drug-likeness (QED) is 0.746. The van der Waals surface area contributed by atoms with Gasteiger partial charge >= 0.3 is 5.97 Å². The average Bonchev–Trinajstić information content (AvgIpc) is 2.75. The molecule has 1 heterocycles. The predicted octanol–water partition coefficient (Wildman–Crippen LogP) is 1.76. The second-order valence-corrected chi connectivity index (χ2v) is 3.23. The number of nitrogens with one attached hydrogen (secondary N) is 1. The van der Waals surface area contributed by atoms with Crippen molar-refractivity contribution in [3.8, 4) is 17.0 Å². The summed E-state index contributed by atoms with van der Waals surface area (Å²) in [7, 11) is 0. The van der Waals surface area contributed by atoms with Gasteiger partial charge < -0.3 is 10.2 Å². The van der Waals surface area contributed by atoms with E-state index in [0.717, 1.165) is 18.2 Å². The van der Waals surface area contributed by atoms with E-state index in [1.807, 2.05) is 0 Å². The molecule has 0 aliphatic rings. The van der Waals surface area contributed by atoms with Gasteiger partial charge in [0, 0.05) is 5.56 Å². The maximum absolute atomic E-state index is 13.5. The molecule has 0 bridgehead atoms. The van der Waals surface area contributed by atoms with E-state index in [1.165, 1.54) is 0 Å². The van der Waals surface area contributed by atoms with Crippen molar-refractivity contribution in [3.63, 3.8) is 0 Å². The summed E-state index contributed by atoms with van der Waals surface area (Å²) in [5, 5.41) is 23.4. The van der Waals surface area contributed by atoms with Gasteiger partial charge in [-0.15, -0.1) is 0 Å². The van der Waals surface area contributed by atoms with Gasteiger partial charge in [-0.3, -0.25) is 5.10 Å². The lowest BCUT2D eigenvalue weighted by molar-refractivity contribution is 0.0690. The molecule has 0 saturated heterocycles. The van der Waals surface area contributed by atoms with E-state index in [9.17, 15) is 13.6 Å². The normalized spacial score (nSPS) is 10.5. The van der Waals surface area contributed by atoms with Gasteiger partial charge in [0.2, 0.25) is 0 Å². The van der Waals surface area contributed by atoms with Crippen molar-refractivity contribution in [2.75, 3.05) is 0 Å². The second kappa shape index (κ2) is 3.85. The molecule has 88 valence electrons. The van der Waals surface area contributed by atoms with E-state index >= 15 is 0 Å². The number of carboxylic acid groups (broad SMARTS) is 1. The van der Waals surface area contributed by atoms with Crippen LogP contribution in [-0.4, -0.2) is 26.4 Å². The summed E-state index contributed by atoms with van der Waals surface area (Å²) in [5.41, 5.74) is -0.453. The summed E-state index contributed by atoms with van der Waals surface area (Å²) >= 11 is 0. The summed E-state index contributed by atoms with van der Waals surface area (Å²) in [5.74, 6) is -4.66. The molecule has 7 heteroatoms. The molecule has 0 fully saturated rings. The smallest absolute Gasteiger partial charge is 0.353 e. The molecule has 0 atom stereocenters. The maximum Gasteiger partial charge on any atom is 0.353 e. The SMILES string of the molecule is O=C(O)c1cc(-c2ccc(F)c(O)c2F)n[nH]1. The third-order valence-corrected chi connectivity index (χ3v) is 2.15. The summed E-state index contributed by atoms with van der Waals surface area (Å²) < 4.78 is 26.3. The van der Waals surface area contributed by atoms with E-state index in [0.29, 0.717) is 0 Å². The van der Waals surface area contributed by atoms with Crippen molar-refractivity contribution < 1.29 is 23.8 Å². The van der Waals surface area contributed by atoms with E-state index in [1.54, 1.807) is 0 Å². The first-order chi connectivity index (χ1) is 8.00. The number of hydrogen-bond donors (Lipinski definition) is 3. The summed E-state index contributed by atoms with van der Waals surface area (Å²) in [6.07, 6.45) is 0. The van der Waals surface area contributed by atoms with Crippen LogP contribution in [-0.2, 0) is 0 Å². The molecule has 17 heavy (non-hydrogen) atoms. The van der Waals surface area contributed by atoms with Crippen molar-refractivity contribution in [3.05, 3.63) is 35.5 Å². The van der Waals surface area contributed by atoms with Gasteiger partial charge in [0.25, 0.3) is 0 Å². The van der Waals surface area contributed by atoms with Crippen LogP contribution >= 0.6 is 0 Å². The number of rotatable bonds is 2. The lowest BCUT2D eigenvalue weighted by atomic mass is 10.1. The van der Waals surface area contributed by atoms with Crippen LogP contribution in [0.3, 0.4) is 0 Å². The fraction of sp³-hybridized carbons (Fsp3) is 0. The Morgan fingerprint density at radius 3 is 2.65 bits per heavy atom. The number of nitrogens with zero attached hydrogens (tertiary/aromatic N) is 1. The number of phenols is 1. The van der Waals surface area contributed by atoms with Gasteiger partial charge in [0.1, 0.15) is 5.69 Å². The second-order valence-electron chi connectivity index (χ2n) is 3.23. The zero-order valence-electron chi connectivity index (χ0n) is 8.24. The van der Waals surface area contributed by atoms with E-state index < -0.39 is 23.4 Å². The van der Waals surface area contributed by atoms with Crippen LogP contribution in [0.25, 0.3) is 11.3 Å². The van der Waals surface area contributed by atoms with Crippen LogP contribution in [0.15, 0.2) is 18.2 Å². The molecule has 5 nitrogen and oxygen atoms in total. The maximum atomic E-state index is 13.5. The van der Waals surface area contributed by atoms with E-state index in [4.69, 9.17) is 10.2 Å². The minimum atomic E-state index is -1.25. The summed E-state index contributed by atoms with van der Waals surface area (Å²) in [6, 6.07) is 3.01. The number of phenolic OH excluding ortho intramolecular Hbond substituents is 1. The van der Waals surface area contributed by atoms with Crippen LogP contribution < -0.4 is 0 Å². The number of carboxylic acids is 1. The van der Waals surface area contributed by atoms with Gasteiger partial charge in [0.15, 0.2) is 17.4 Å². The topological polar surface area (TPSA) is 86.2 Å². The first-order valence-electron chi connectivity index (χ1n) is 4.46. The number of H-pyrrole nitrogens is 1. The van der Waals surface area contributed by atoms with Gasteiger partial charge in [-0.25, -0.2) is 13.6 Å². The Morgan fingerprint density at radius 1 is 1.35 bits per heavy atom. The van der Waals surface area contributed by atoms with Gasteiger partial charge in [-0.2, -0.15) is 5.10 Å².